The zero-order chi connectivity index (χ0) is 17.4. The van der Waals surface area contributed by atoms with Crippen LogP contribution >= 0.6 is 11.3 Å². The minimum Gasteiger partial charge on any atom is -0.337 e. The van der Waals surface area contributed by atoms with Crippen LogP contribution in [-0.2, 0) is 4.79 Å². The van der Waals surface area contributed by atoms with Crippen LogP contribution in [0.15, 0.2) is 29.6 Å². The van der Waals surface area contributed by atoms with Crippen LogP contribution in [0.4, 0.5) is 5.13 Å². The van der Waals surface area contributed by atoms with Crippen molar-refractivity contribution in [3.63, 3.8) is 0 Å². The summed E-state index contributed by atoms with van der Waals surface area (Å²) in [6, 6.07) is 9.04. The molecular weight excluding hydrogens is 330 g/mol. The van der Waals surface area contributed by atoms with Crippen LogP contribution in [0.5, 0.6) is 0 Å². The zero-order valence-corrected chi connectivity index (χ0v) is 15.8. The van der Waals surface area contributed by atoms with Crippen LogP contribution in [0, 0.1) is 0 Å². The van der Waals surface area contributed by atoms with Gasteiger partial charge in [0.25, 0.3) is 0 Å². The fourth-order valence-corrected chi connectivity index (χ4v) is 4.66. The molecule has 2 saturated heterocycles. The molecule has 5 heteroatoms. The molecule has 0 saturated carbocycles. The van der Waals surface area contributed by atoms with E-state index in [1.807, 2.05) is 0 Å². The van der Waals surface area contributed by atoms with Crippen molar-refractivity contribution in [1.29, 1.82) is 0 Å². The average Bonchev–Trinajstić information content (AvgIpc) is 3.12. The molecule has 4 rings (SSSR count). The number of piperazine rings is 1. The molecule has 0 spiro atoms. The molecule has 2 fully saturated rings. The number of nitrogens with zero attached hydrogens (tertiary/aromatic N) is 3. The molecule has 0 aliphatic carbocycles. The van der Waals surface area contributed by atoms with Crippen molar-refractivity contribution in [2.45, 2.75) is 45.1 Å². The predicted molar refractivity (Wildman–Crippen MR) is 103 cm³/mol. The molecule has 0 bridgehead atoms. The van der Waals surface area contributed by atoms with E-state index in [9.17, 15) is 4.79 Å². The normalized spacial score (nSPS) is 20.9. The first-order valence-corrected chi connectivity index (χ1v) is 10.1. The highest BCUT2D eigenvalue weighted by Gasteiger charge is 2.34. The summed E-state index contributed by atoms with van der Waals surface area (Å²) in [7, 11) is 0. The molecule has 2 aromatic rings. The first-order chi connectivity index (χ1) is 12.1. The number of benzene rings is 1. The molecular formula is C20H25N3OS. The third-order valence-corrected chi connectivity index (χ3v) is 6.24. The maximum Gasteiger partial charge on any atom is 0.242 e. The number of hydrogen-bond donors (Lipinski definition) is 0. The van der Waals surface area contributed by atoms with E-state index in [1.165, 1.54) is 12.0 Å². The second kappa shape index (κ2) is 6.79. The van der Waals surface area contributed by atoms with E-state index < -0.39 is 0 Å². The number of piperidine rings is 1. The van der Waals surface area contributed by atoms with Crippen LogP contribution in [0.2, 0.25) is 0 Å². The van der Waals surface area contributed by atoms with Gasteiger partial charge in [0.05, 0.1) is 12.2 Å². The van der Waals surface area contributed by atoms with Crippen molar-refractivity contribution >= 4 is 22.4 Å². The lowest BCUT2D eigenvalue weighted by Crippen LogP contribution is -2.58. The Hall–Kier alpha value is -1.88. The van der Waals surface area contributed by atoms with Gasteiger partial charge in [-0.1, -0.05) is 38.1 Å². The lowest BCUT2D eigenvalue weighted by Gasteiger charge is -2.43. The lowest BCUT2D eigenvalue weighted by molar-refractivity contribution is -0.135. The number of carbonyl (C=O) groups excluding carboxylic acids is 1. The summed E-state index contributed by atoms with van der Waals surface area (Å²) in [6.07, 6.45) is 3.50. The molecule has 0 N–H and O–H groups in total. The summed E-state index contributed by atoms with van der Waals surface area (Å²) in [6.45, 7) is 6.74. The van der Waals surface area contributed by atoms with E-state index in [2.05, 4.69) is 53.3 Å². The van der Waals surface area contributed by atoms with Crippen molar-refractivity contribution < 1.29 is 4.79 Å². The summed E-state index contributed by atoms with van der Waals surface area (Å²) in [4.78, 5) is 21.5. The first-order valence-electron chi connectivity index (χ1n) is 9.22. The number of fused-ring (bicyclic) bond motifs is 1. The Morgan fingerprint density at radius 1 is 1.20 bits per heavy atom. The smallest absolute Gasteiger partial charge is 0.242 e. The summed E-state index contributed by atoms with van der Waals surface area (Å²) < 4.78 is 0. The molecule has 1 atom stereocenters. The van der Waals surface area contributed by atoms with Crippen molar-refractivity contribution in [3.05, 3.63) is 35.2 Å². The third kappa shape index (κ3) is 3.30. The molecule has 2 aliphatic rings. The second-order valence-corrected chi connectivity index (χ2v) is 8.25. The Labute approximate surface area is 153 Å². The molecule has 1 aromatic carbocycles. The van der Waals surface area contributed by atoms with Gasteiger partial charge in [-0.25, -0.2) is 4.98 Å². The highest BCUT2D eigenvalue weighted by molar-refractivity contribution is 7.14. The van der Waals surface area contributed by atoms with Gasteiger partial charge in [0.2, 0.25) is 5.91 Å². The van der Waals surface area contributed by atoms with Crippen LogP contribution in [0.3, 0.4) is 0 Å². The quantitative estimate of drug-likeness (QED) is 0.830. The number of rotatable bonds is 3. The summed E-state index contributed by atoms with van der Waals surface area (Å²) in [5.74, 6) is 0.798. The highest BCUT2D eigenvalue weighted by Crippen LogP contribution is 2.31. The topological polar surface area (TPSA) is 36.4 Å². The highest BCUT2D eigenvalue weighted by atomic mass is 32.1. The van der Waals surface area contributed by atoms with E-state index in [4.69, 9.17) is 4.98 Å². The Morgan fingerprint density at radius 2 is 2.00 bits per heavy atom. The maximum absolute atomic E-state index is 12.5. The Bertz CT molecular complexity index is 753. The number of carbonyl (C=O) groups is 1. The van der Waals surface area contributed by atoms with E-state index in [1.54, 1.807) is 11.3 Å². The molecule has 1 aromatic heterocycles. The predicted octanol–water partition coefficient (Wildman–Crippen LogP) is 4.13. The minimum absolute atomic E-state index is 0.258. The molecule has 2 aliphatic heterocycles. The summed E-state index contributed by atoms with van der Waals surface area (Å²) in [5, 5.41) is 3.08. The first kappa shape index (κ1) is 16.6. The molecule has 0 radical (unpaired) electrons. The van der Waals surface area contributed by atoms with Crippen molar-refractivity contribution in [2.75, 3.05) is 24.5 Å². The van der Waals surface area contributed by atoms with E-state index in [0.29, 0.717) is 18.5 Å². The van der Waals surface area contributed by atoms with Gasteiger partial charge < -0.3 is 9.80 Å². The van der Waals surface area contributed by atoms with Gasteiger partial charge in [0, 0.05) is 30.1 Å². The zero-order valence-electron chi connectivity index (χ0n) is 14.9. The molecule has 1 amide bonds. The van der Waals surface area contributed by atoms with Gasteiger partial charge in [-0.2, -0.15) is 0 Å². The summed E-state index contributed by atoms with van der Waals surface area (Å²) in [5.41, 5.74) is 3.50. The Balaban J connectivity index is 1.52. The van der Waals surface area contributed by atoms with Crippen molar-refractivity contribution in [3.8, 4) is 11.3 Å². The molecule has 132 valence electrons. The van der Waals surface area contributed by atoms with Gasteiger partial charge in [-0.15, -0.1) is 11.3 Å². The largest absolute Gasteiger partial charge is 0.337 e. The number of anilines is 1. The van der Waals surface area contributed by atoms with Crippen molar-refractivity contribution in [2.24, 2.45) is 0 Å². The maximum atomic E-state index is 12.5. The van der Waals surface area contributed by atoms with Crippen LogP contribution in [0.25, 0.3) is 11.3 Å². The van der Waals surface area contributed by atoms with Crippen LogP contribution < -0.4 is 4.90 Å². The van der Waals surface area contributed by atoms with Gasteiger partial charge >= 0.3 is 0 Å². The lowest BCUT2D eigenvalue weighted by atomic mass is 9.99. The SMILES string of the molecule is CC(C)c1ccc(-c2csc(N3CC(=O)N4CCCCC4C3)n2)cc1. The number of amides is 1. The van der Waals surface area contributed by atoms with Crippen LogP contribution in [0.1, 0.15) is 44.6 Å². The Kier molecular flexibility index (Phi) is 4.50. The standard InChI is InChI=1S/C20H25N3OS/c1-14(2)15-6-8-16(9-7-15)18-13-25-20(21-18)22-11-17-5-3-4-10-23(17)19(24)12-22/h6-9,13-14,17H,3-5,10-12H2,1-2H3. The van der Waals surface area contributed by atoms with Crippen LogP contribution in [-0.4, -0.2) is 41.5 Å². The van der Waals surface area contributed by atoms with Gasteiger partial charge in [0.1, 0.15) is 0 Å². The fraction of sp³-hybridized carbons (Fsp3) is 0.500. The van der Waals surface area contributed by atoms with Gasteiger partial charge in [-0.3, -0.25) is 4.79 Å². The number of thiazole rings is 1. The van der Waals surface area contributed by atoms with E-state index in [-0.39, 0.29) is 5.91 Å². The fourth-order valence-electron chi connectivity index (χ4n) is 3.82. The van der Waals surface area contributed by atoms with Gasteiger partial charge in [0.15, 0.2) is 5.13 Å². The number of aromatic nitrogens is 1. The molecule has 4 nitrogen and oxygen atoms in total. The van der Waals surface area contributed by atoms with Gasteiger partial charge in [-0.05, 0) is 30.7 Å². The second-order valence-electron chi connectivity index (χ2n) is 7.41. The summed E-state index contributed by atoms with van der Waals surface area (Å²) >= 11 is 1.65. The third-order valence-electron chi connectivity index (χ3n) is 5.34. The molecule has 3 heterocycles. The van der Waals surface area contributed by atoms with E-state index >= 15 is 0 Å². The monoisotopic (exact) mass is 355 g/mol. The Morgan fingerprint density at radius 3 is 2.76 bits per heavy atom. The van der Waals surface area contributed by atoms with E-state index in [0.717, 1.165) is 42.3 Å². The molecule has 25 heavy (non-hydrogen) atoms. The average molecular weight is 356 g/mol. The minimum atomic E-state index is 0.258. The number of hydrogen-bond acceptors (Lipinski definition) is 4. The van der Waals surface area contributed by atoms with Crippen molar-refractivity contribution in [1.82, 2.24) is 9.88 Å². The molecule has 1 unspecified atom stereocenters.